The smallest absolute Gasteiger partial charge is 0.317 e. The maximum atomic E-state index is 12.6. The van der Waals surface area contributed by atoms with Gasteiger partial charge in [0.15, 0.2) is 5.78 Å². The van der Waals surface area contributed by atoms with E-state index in [-0.39, 0.29) is 18.3 Å². The number of carbonyl (C=O) groups is 2. The zero-order valence-electron chi connectivity index (χ0n) is 11.8. The van der Waals surface area contributed by atoms with E-state index in [0.717, 1.165) is 11.1 Å². The summed E-state index contributed by atoms with van der Waals surface area (Å²) in [6, 6.07) is 17.1. The Balaban J connectivity index is 2.12. The van der Waals surface area contributed by atoms with E-state index in [9.17, 15) is 9.59 Å². The first kappa shape index (κ1) is 13.6. The molecule has 0 fully saturated rings. The number of hydrogen-bond donors (Lipinski definition) is 0. The molecule has 0 bridgehead atoms. The van der Waals surface area contributed by atoms with Crippen molar-refractivity contribution in [1.82, 2.24) is 0 Å². The SMILES string of the molecule is CCOC(=O)[C@@H]1C(=O)c2ccccc2[C@@H]1c1ccccc1. The van der Waals surface area contributed by atoms with Crippen LogP contribution in [0.1, 0.15) is 34.3 Å². The molecule has 1 aliphatic carbocycles. The van der Waals surface area contributed by atoms with Gasteiger partial charge in [0.1, 0.15) is 5.92 Å². The highest BCUT2D eigenvalue weighted by Crippen LogP contribution is 2.42. The van der Waals surface area contributed by atoms with Gasteiger partial charge in [0.05, 0.1) is 6.61 Å². The van der Waals surface area contributed by atoms with Crippen molar-refractivity contribution < 1.29 is 14.3 Å². The Morgan fingerprint density at radius 2 is 1.71 bits per heavy atom. The van der Waals surface area contributed by atoms with Gasteiger partial charge in [-0.25, -0.2) is 0 Å². The quantitative estimate of drug-likeness (QED) is 0.640. The second-order valence-electron chi connectivity index (χ2n) is 5.07. The highest BCUT2D eigenvalue weighted by molar-refractivity contribution is 6.13. The van der Waals surface area contributed by atoms with Crippen molar-refractivity contribution in [1.29, 1.82) is 0 Å². The van der Waals surface area contributed by atoms with E-state index >= 15 is 0 Å². The van der Waals surface area contributed by atoms with Crippen molar-refractivity contribution in [2.75, 3.05) is 6.61 Å². The molecule has 0 radical (unpaired) electrons. The van der Waals surface area contributed by atoms with E-state index in [0.29, 0.717) is 5.56 Å². The van der Waals surface area contributed by atoms with E-state index in [1.807, 2.05) is 48.5 Å². The zero-order valence-corrected chi connectivity index (χ0v) is 11.8. The first-order valence-corrected chi connectivity index (χ1v) is 7.08. The minimum absolute atomic E-state index is 0.141. The van der Waals surface area contributed by atoms with Gasteiger partial charge < -0.3 is 4.74 Å². The van der Waals surface area contributed by atoms with Gasteiger partial charge in [0, 0.05) is 11.5 Å². The summed E-state index contributed by atoms with van der Waals surface area (Å²) >= 11 is 0. The fourth-order valence-corrected chi connectivity index (χ4v) is 3.00. The van der Waals surface area contributed by atoms with E-state index in [1.165, 1.54) is 0 Å². The lowest BCUT2D eigenvalue weighted by molar-refractivity contribution is -0.146. The van der Waals surface area contributed by atoms with Crippen LogP contribution in [0, 0.1) is 5.92 Å². The van der Waals surface area contributed by atoms with E-state index in [2.05, 4.69) is 0 Å². The van der Waals surface area contributed by atoms with Gasteiger partial charge in [-0.05, 0) is 18.1 Å². The molecule has 0 N–H and O–H groups in total. The number of hydrogen-bond acceptors (Lipinski definition) is 3. The molecular formula is C18H16O3. The highest BCUT2D eigenvalue weighted by atomic mass is 16.5. The topological polar surface area (TPSA) is 43.4 Å². The van der Waals surface area contributed by atoms with Gasteiger partial charge in [0.25, 0.3) is 0 Å². The summed E-state index contributed by atoms with van der Waals surface area (Å²) in [5, 5.41) is 0. The molecule has 0 amide bonds. The van der Waals surface area contributed by atoms with Gasteiger partial charge >= 0.3 is 5.97 Å². The van der Waals surface area contributed by atoms with Crippen LogP contribution < -0.4 is 0 Å². The first-order chi connectivity index (χ1) is 10.2. The molecule has 1 aliphatic rings. The standard InChI is InChI=1S/C18H16O3/c1-2-21-18(20)16-15(12-8-4-3-5-9-12)13-10-6-7-11-14(13)17(16)19/h3-11,15-16H,2H2,1H3/t15-,16-/m0/s1. The van der Waals surface area contributed by atoms with Gasteiger partial charge in [0.2, 0.25) is 0 Å². The number of benzene rings is 2. The Labute approximate surface area is 123 Å². The summed E-state index contributed by atoms with van der Waals surface area (Å²) in [4.78, 5) is 24.9. The summed E-state index contributed by atoms with van der Waals surface area (Å²) in [7, 11) is 0. The Morgan fingerprint density at radius 1 is 1.05 bits per heavy atom. The van der Waals surface area contributed by atoms with Crippen molar-refractivity contribution in [2.45, 2.75) is 12.8 Å². The lowest BCUT2D eigenvalue weighted by Crippen LogP contribution is -2.26. The van der Waals surface area contributed by atoms with Crippen molar-refractivity contribution in [3.63, 3.8) is 0 Å². The van der Waals surface area contributed by atoms with Crippen LogP contribution in [-0.4, -0.2) is 18.4 Å². The summed E-state index contributed by atoms with van der Waals surface area (Å²) in [5.41, 5.74) is 2.50. The van der Waals surface area contributed by atoms with E-state index < -0.39 is 11.9 Å². The van der Waals surface area contributed by atoms with Gasteiger partial charge in [-0.15, -0.1) is 0 Å². The van der Waals surface area contributed by atoms with Crippen LogP contribution in [-0.2, 0) is 9.53 Å². The van der Waals surface area contributed by atoms with Crippen LogP contribution in [0.2, 0.25) is 0 Å². The lowest BCUT2D eigenvalue weighted by atomic mass is 9.85. The van der Waals surface area contributed by atoms with Crippen molar-refractivity contribution in [3.8, 4) is 0 Å². The number of ketones is 1. The van der Waals surface area contributed by atoms with E-state index in [1.54, 1.807) is 13.0 Å². The molecule has 0 aromatic heterocycles. The highest BCUT2D eigenvalue weighted by Gasteiger charge is 2.45. The van der Waals surface area contributed by atoms with Crippen LogP contribution in [0.15, 0.2) is 54.6 Å². The van der Waals surface area contributed by atoms with E-state index in [4.69, 9.17) is 4.74 Å². The lowest BCUT2D eigenvalue weighted by Gasteiger charge is -2.18. The van der Waals surface area contributed by atoms with Crippen LogP contribution in [0.4, 0.5) is 0 Å². The fraction of sp³-hybridized carbons (Fsp3) is 0.222. The van der Waals surface area contributed by atoms with Crippen LogP contribution in [0.5, 0.6) is 0 Å². The average Bonchev–Trinajstić information content (AvgIpc) is 2.82. The molecule has 0 aliphatic heterocycles. The minimum Gasteiger partial charge on any atom is -0.465 e. The Hall–Kier alpha value is -2.42. The van der Waals surface area contributed by atoms with Crippen molar-refractivity contribution >= 4 is 11.8 Å². The molecule has 0 saturated carbocycles. The van der Waals surface area contributed by atoms with Crippen molar-refractivity contribution in [2.24, 2.45) is 5.92 Å². The third-order valence-electron chi connectivity index (χ3n) is 3.88. The maximum absolute atomic E-state index is 12.6. The third-order valence-corrected chi connectivity index (χ3v) is 3.88. The summed E-state index contributed by atoms with van der Waals surface area (Å²) < 4.78 is 5.12. The summed E-state index contributed by atoms with van der Waals surface area (Å²) in [6.45, 7) is 2.03. The fourth-order valence-electron chi connectivity index (χ4n) is 3.00. The second-order valence-corrected chi connectivity index (χ2v) is 5.07. The third kappa shape index (κ3) is 2.25. The number of Topliss-reactive ketones (excluding diaryl/α,β-unsaturated/α-hetero) is 1. The first-order valence-electron chi connectivity index (χ1n) is 7.08. The molecule has 0 unspecified atom stereocenters. The normalized spacial score (nSPS) is 20.1. The number of esters is 1. The van der Waals surface area contributed by atoms with Gasteiger partial charge in [-0.2, -0.15) is 0 Å². The largest absolute Gasteiger partial charge is 0.465 e. The molecular weight excluding hydrogens is 264 g/mol. The Kier molecular flexibility index (Phi) is 3.57. The number of rotatable bonds is 3. The van der Waals surface area contributed by atoms with Crippen LogP contribution >= 0.6 is 0 Å². The molecule has 0 heterocycles. The average molecular weight is 280 g/mol. The Morgan fingerprint density at radius 3 is 2.43 bits per heavy atom. The molecule has 0 saturated heterocycles. The van der Waals surface area contributed by atoms with Crippen LogP contribution in [0.3, 0.4) is 0 Å². The van der Waals surface area contributed by atoms with Gasteiger partial charge in [-0.1, -0.05) is 54.6 Å². The predicted molar refractivity (Wildman–Crippen MR) is 79.2 cm³/mol. The minimum atomic E-state index is -0.773. The molecule has 2 atom stereocenters. The van der Waals surface area contributed by atoms with Crippen molar-refractivity contribution in [3.05, 3.63) is 71.3 Å². The van der Waals surface area contributed by atoms with Crippen LogP contribution in [0.25, 0.3) is 0 Å². The monoisotopic (exact) mass is 280 g/mol. The number of ether oxygens (including phenoxy) is 1. The Bertz CT molecular complexity index is 676. The maximum Gasteiger partial charge on any atom is 0.317 e. The molecule has 3 nitrogen and oxygen atoms in total. The summed E-state index contributed by atoms with van der Waals surface area (Å²) in [6.07, 6.45) is 0. The zero-order chi connectivity index (χ0) is 14.8. The summed E-state index contributed by atoms with van der Waals surface area (Å²) in [5.74, 6) is -1.61. The molecule has 3 heteroatoms. The van der Waals surface area contributed by atoms with Gasteiger partial charge in [-0.3, -0.25) is 9.59 Å². The molecule has 2 aromatic carbocycles. The predicted octanol–water partition coefficient (Wildman–Crippen LogP) is 3.19. The number of carbonyl (C=O) groups excluding carboxylic acids is 2. The number of fused-ring (bicyclic) bond motifs is 1. The molecule has 0 spiro atoms. The second kappa shape index (κ2) is 5.52. The molecule has 2 aromatic rings. The molecule has 106 valence electrons. The molecule has 21 heavy (non-hydrogen) atoms. The molecule has 3 rings (SSSR count).